The van der Waals surface area contributed by atoms with Crippen LogP contribution < -0.4 is 10.6 Å². The fraction of sp³-hybridized carbons (Fsp3) is 0.789. The second kappa shape index (κ2) is 7.36. The molecule has 3 amide bonds. The van der Waals surface area contributed by atoms with Crippen molar-refractivity contribution in [1.82, 2.24) is 20.4 Å². The summed E-state index contributed by atoms with van der Waals surface area (Å²) in [6.07, 6.45) is 12.8. The number of nitrogens with one attached hydrogen (secondary N) is 2. The van der Waals surface area contributed by atoms with Gasteiger partial charge in [0.2, 0.25) is 5.91 Å². The molecule has 0 aromatic carbocycles. The fourth-order valence-electron chi connectivity index (χ4n) is 4.95. The summed E-state index contributed by atoms with van der Waals surface area (Å²) in [7, 11) is 0. The van der Waals surface area contributed by atoms with E-state index in [0.29, 0.717) is 25.6 Å². The van der Waals surface area contributed by atoms with Crippen molar-refractivity contribution in [3.63, 3.8) is 0 Å². The van der Waals surface area contributed by atoms with Gasteiger partial charge in [-0.3, -0.25) is 10.1 Å². The van der Waals surface area contributed by atoms with Crippen LogP contribution in [0.2, 0.25) is 0 Å². The number of urea groups is 1. The Morgan fingerprint density at radius 2 is 1.92 bits per heavy atom. The normalized spacial score (nSPS) is 33.5. The summed E-state index contributed by atoms with van der Waals surface area (Å²) in [5, 5.41) is 6.67. The predicted molar refractivity (Wildman–Crippen MR) is 95.8 cm³/mol. The number of hydrogen-bond donors (Lipinski definition) is 2. The number of amides is 3. The molecule has 2 aliphatic heterocycles. The van der Waals surface area contributed by atoms with Gasteiger partial charge in [0.1, 0.15) is 0 Å². The van der Waals surface area contributed by atoms with Crippen molar-refractivity contribution < 1.29 is 9.59 Å². The smallest absolute Gasteiger partial charge is 0.317 e. The molecule has 1 saturated carbocycles. The van der Waals surface area contributed by atoms with Crippen LogP contribution in [0.1, 0.15) is 44.9 Å². The van der Waals surface area contributed by atoms with E-state index in [1.165, 1.54) is 32.1 Å². The van der Waals surface area contributed by atoms with Crippen molar-refractivity contribution in [2.75, 3.05) is 26.2 Å². The molecule has 4 aliphatic rings. The second-order valence-corrected chi connectivity index (χ2v) is 7.90. The minimum absolute atomic E-state index is 0.00192. The molecule has 25 heavy (non-hydrogen) atoms. The highest BCUT2D eigenvalue weighted by atomic mass is 16.2. The Balaban J connectivity index is 1.49. The van der Waals surface area contributed by atoms with Crippen LogP contribution in [0.4, 0.5) is 4.79 Å². The second-order valence-electron chi connectivity index (χ2n) is 7.90. The zero-order valence-corrected chi connectivity index (χ0v) is 15.0. The van der Waals surface area contributed by atoms with E-state index in [-0.39, 0.29) is 30.1 Å². The summed E-state index contributed by atoms with van der Waals surface area (Å²) in [5.74, 6) is 0.785. The van der Waals surface area contributed by atoms with E-state index in [2.05, 4.69) is 27.7 Å². The third-order valence-electron chi connectivity index (χ3n) is 6.36. The third kappa shape index (κ3) is 3.41. The molecule has 6 heteroatoms. The van der Waals surface area contributed by atoms with Gasteiger partial charge in [-0.2, -0.15) is 0 Å². The van der Waals surface area contributed by atoms with Gasteiger partial charge in [-0.25, -0.2) is 4.79 Å². The highest BCUT2D eigenvalue weighted by Gasteiger charge is 2.43. The largest absolute Gasteiger partial charge is 0.336 e. The molecule has 0 aromatic heterocycles. The molecule has 4 rings (SSSR count). The van der Waals surface area contributed by atoms with Gasteiger partial charge in [-0.05, 0) is 31.6 Å². The van der Waals surface area contributed by atoms with Gasteiger partial charge in [0.05, 0.1) is 12.1 Å². The van der Waals surface area contributed by atoms with Gasteiger partial charge in [-0.1, -0.05) is 31.4 Å². The van der Waals surface area contributed by atoms with E-state index in [0.717, 1.165) is 19.4 Å². The summed E-state index contributed by atoms with van der Waals surface area (Å²) >= 11 is 0. The van der Waals surface area contributed by atoms with Crippen molar-refractivity contribution in [3.8, 4) is 0 Å². The topological polar surface area (TPSA) is 64.7 Å². The molecule has 0 radical (unpaired) electrons. The Bertz CT molecular complexity index is 544. The first-order valence-electron chi connectivity index (χ1n) is 10.00. The number of carbonyl (C=O) groups excluding carboxylic acids is 2. The molecule has 2 N–H and O–H groups in total. The quantitative estimate of drug-likeness (QED) is 0.762. The van der Waals surface area contributed by atoms with Crippen molar-refractivity contribution >= 4 is 11.9 Å². The lowest BCUT2D eigenvalue weighted by Gasteiger charge is -2.48. The zero-order chi connectivity index (χ0) is 17.2. The average Bonchev–Trinajstić information content (AvgIpc) is 3.06. The molecule has 3 unspecified atom stereocenters. The Morgan fingerprint density at radius 3 is 2.68 bits per heavy atom. The molecule has 2 heterocycles. The van der Waals surface area contributed by atoms with Gasteiger partial charge < -0.3 is 15.1 Å². The summed E-state index contributed by atoms with van der Waals surface area (Å²) in [6.45, 7) is 2.72. The highest BCUT2D eigenvalue weighted by Crippen LogP contribution is 2.34. The SMILES string of the molecule is O=C1NCCN1CCN1C(=O)C2C=CCCC2NC1C1CCCCC1. The Labute approximate surface area is 150 Å². The summed E-state index contributed by atoms with van der Waals surface area (Å²) in [5.41, 5.74) is 0. The van der Waals surface area contributed by atoms with E-state index in [1.807, 2.05) is 4.90 Å². The van der Waals surface area contributed by atoms with Crippen LogP contribution in [0.25, 0.3) is 0 Å². The first kappa shape index (κ1) is 16.9. The molecule has 138 valence electrons. The number of fused-ring (bicyclic) bond motifs is 1. The monoisotopic (exact) mass is 346 g/mol. The first-order valence-corrected chi connectivity index (χ1v) is 10.00. The molecular weight excluding hydrogens is 316 g/mol. The number of nitrogens with zero attached hydrogens (tertiary/aromatic N) is 2. The summed E-state index contributed by atoms with van der Waals surface area (Å²) in [4.78, 5) is 28.9. The van der Waals surface area contributed by atoms with E-state index >= 15 is 0 Å². The summed E-state index contributed by atoms with van der Waals surface area (Å²) in [6, 6.07) is 0.290. The van der Waals surface area contributed by atoms with E-state index in [9.17, 15) is 9.59 Å². The van der Waals surface area contributed by atoms with Crippen LogP contribution in [-0.4, -0.2) is 60.1 Å². The van der Waals surface area contributed by atoms with Crippen molar-refractivity contribution in [2.45, 2.75) is 57.2 Å². The third-order valence-corrected chi connectivity index (χ3v) is 6.36. The number of allylic oxidation sites excluding steroid dienone is 1. The minimum Gasteiger partial charge on any atom is -0.336 e. The van der Waals surface area contributed by atoms with Crippen LogP contribution in [0, 0.1) is 11.8 Å². The van der Waals surface area contributed by atoms with Crippen LogP contribution in [0.3, 0.4) is 0 Å². The summed E-state index contributed by atoms with van der Waals surface area (Å²) < 4.78 is 0. The highest BCUT2D eigenvalue weighted by molar-refractivity contribution is 5.83. The van der Waals surface area contributed by atoms with Gasteiger partial charge >= 0.3 is 6.03 Å². The van der Waals surface area contributed by atoms with Crippen molar-refractivity contribution in [1.29, 1.82) is 0 Å². The molecule has 6 nitrogen and oxygen atoms in total. The lowest BCUT2D eigenvalue weighted by molar-refractivity contribution is -0.146. The number of hydrogen-bond acceptors (Lipinski definition) is 3. The van der Waals surface area contributed by atoms with Crippen molar-refractivity contribution in [2.24, 2.45) is 11.8 Å². The Kier molecular flexibility index (Phi) is 4.97. The molecule has 3 atom stereocenters. The van der Waals surface area contributed by atoms with Gasteiger partial charge in [0.25, 0.3) is 0 Å². The maximum Gasteiger partial charge on any atom is 0.317 e. The fourth-order valence-corrected chi connectivity index (χ4v) is 4.95. The molecule has 0 bridgehead atoms. The van der Waals surface area contributed by atoms with Gasteiger partial charge in [0, 0.05) is 32.2 Å². The predicted octanol–water partition coefficient (Wildman–Crippen LogP) is 1.68. The average molecular weight is 346 g/mol. The molecule has 2 aliphatic carbocycles. The van der Waals surface area contributed by atoms with Crippen LogP contribution >= 0.6 is 0 Å². The minimum atomic E-state index is -0.0269. The Morgan fingerprint density at radius 1 is 1.08 bits per heavy atom. The molecular formula is C19H30N4O2. The van der Waals surface area contributed by atoms with Crippen LogP contribution in [-0.2, 0) is 4.79 Å². The van der Waals surface area contributed by atoms with E-state index in [1.54, 1.807) is 0 Å². The van der Waals surface area contributed by atoms with Gasteiger partial charge in [0.15, 0.2) is 0 Å². The Hall–Kier alpha value is -1.56. The molecule has 0 aromatic rings. The van der Waals surface area contributed by atoms with Gasteiger partial charge in [-0.15, -0.1) is 0 Å². The number of rotatable bonds is 4. The lowest BCUT2D eigenvalue weighted by atomic mass is 9.81. The maximum absolute atomic E-state index is 13.2. The molecule has 3 fully saturated rings. The lowest BCUT2D eigenvalue weighted by Crippen LogP contribution is -2.66. The zero-order valence-electron chi connectivity index (χ0n) is 15.0. The molecule has 2 saturated heterocycles. The maximum atomic E-state index is 13.2. The standard InChI is InChI=1S/C19H30N4O2/c24-18-15-8-4-5-9-16(15)21-17(14-6-2-1-3-7-14)23(18)13-12-22-11-10-20-19(22)25/h4,8,14-17,21H,1-3,5-7,9-13H2,(H,20,25). The van der Waals surface area contributed by atoms with E-state index in [4.69, 9.17) is 0 Å². The van der Waals surface area contributed by atoms with E-state index < -0.39 is 0 Å². The number of carbonyl (C=O) groups is 2. The first-order chi connectivity index (χ1) is 12.2. The van der Waals surface area contributed by atoms with Crippen LogP contribution in [0.15, 0.2) is 12.2 Å². The van der Waals surface area contributed by atoms with Crippen LogP contribution in [0.5, 0.6) is 0 Å². The van der Waals surface area contributed by atoms with Crippen molar-refractivity contribution in [3.05, 3.63) is 12.2 Å². The molecule has 0 spiro atoms.